The van der Waals surface area contributed by atoms with Crippen LogP contribution in [0.4, 0.5) is 0 Å². The van der Waals surface area contributed by atoms with Gasteiger partial charge in [0.05, 0.1) is 0 Å². The molecule has 3 rings (SSSR count). The number of pyridine rings is 1. The van der Waals surface area contributed by atoms with Crippen molar-refractivity contribution in [2.24, 2.45) is 0 Å². The maximum absolute atomic E-state index is 12.1. The molecule has 0 aliphatic heterocycles. The fourth-order valence-electron chi connectivity index (χ4n) is 2.21. The van der Waals surface area contributed by atoms with Gasteiger partial charge in [0.15, 0.2) is 0 Å². The number of nitrogens with one attached hydrogen (secondary N) is 1. The van der Waals surface area contributed by atoms with Gasteiger partial charge in [-0.25, -0.2) is 9.50 Å². The monoisotopic (exact) mass is 296 g/mol. The third-order valence-electron chi connectivity index (χ3n) is 3.24. The smallest absolute Gasteiger partial charge is 0.291 e. The second kappa shape index (κ2) is 5.88. The molecule has 3 aromatic heterocycles. The molecule has 0 aliphatic carbocycles. The third kappa shape index (κ3) is 2.93. The maximum Gasteiger partial charge on any atom is 0.291 e. The molecule has 0 unspecified atom stereocenters. The van der Waals surface area contributed by atoms with Crippen LogP contribution in [0, 0.1) is 13.8 Å². The molecule has 0 atom stereocenters. The lowest BCUT2D eigenvalue weighted by molar-refractivity contribution is 0.0944. The topological polar surface area (TPSA) is 85.1 Å². The number of carbonyl (C=O) groups excluding carboxylic acids is 1. The van der Waals surface area contributed by atoms with Gasteiger partial charge >= 0.3 is 0 Å². The summed E-state index contributed by atoms with van der Waals surface area (Å²) in [4.78, 5) is 24.6. The van der Waals surface area contributed by atoms with Crippen LogP contribution < -0.4 is 5.32 Å². The molecule has 3 aromatic rings. The summed E-state index contributed by atoms with van der Waals surface area (Å²) in [5, 5.41) is 7.01. The zero-order chi connectivity index (χ0) is 15.5. The van der Waals surface area contributed by atoms with Crippen LogP contribution >= 0.6 is 0 Å². The predicted molar refractivity (Wildman–Crippen MR) is 80.5 cm³/mol. The van der Waals surface area contributed by atoms with Gasteiger partial charge in [-0.15, -0.1) is 5.10 Å². The Hall–Kier alpha value is -2.83. The zero-order valence-corrected chi connectivity index (χ0v) is 12.4. The van der Waals surface area contributed by atoms with Crippen LogP contribution in [0.15, 0.2) is 30.6 Å². The molecule has 7 nitrogen and oxygen atoms in total. The van der Waals surface area contributed by atoms with Crippen LogP contribution in [0.25, 0.3) is 5.78 Å². The predicted octanol–water partition coefficient (Wildman–Crippen LogP) is 1.11. The minimum atomic E-state index is -0.300. The van der Waals surface area contributed by atoms with E-state index in [9.17, 15) is 4.79 Å². The summed E-state index contributed by atoms with van der Waals surface area (Å²) in [6, 6.07) is 5.74. The summed E-state index contributed by atoms with van der Waals surface area (Å²) >= 11 is 0. The summed E-state index contributed by atoms with van der Waals surface area (Å²) in [5.41, 5.74) is 2.81. The molecule has 0 saturated carbocycles. The molecule has 0 spiro atoms. The van der Waals surface area contributed by atoms with Crippen LogP contribution in [-0.4, -0.2) is 37.0 Å². The van der Waals surface area contributed by atoms with Crippen molar-refractivity contribution in [2.75, 3.05) is 6.54 Å². The van der Waals surface area contributed by atoms with Crippen molar-refractivity contribution < 1.29 is 4.79 Å². The first-order valence-electron chi connectivity index (χ1n) is 7.01. The number of aryl methyl sites for hydroxylation is 2. The van der Waals surface area contributed by atoms with Gasteiger partial charge < -0.3 is 5.32 Å². The van der Waals surface area contributed by atoms with Crippen LogP contribution in [0.1, 0.15) is 27.6 Å². The summed E-state index contributed by atoms with van der Waals surface area (Å²) in [6.45, 7) is 4.29. The van der Waals surface area contributed by atoms with Gasteiger partial charge in [-0.2, -0.15) is 4.98 Å². The van der Waals surface area contributed by atoms with Crippen LogP contribution in [0.5, 0.6) is 0 Å². The Morgan fingerprint density at radius 1 is 1.32 bits per heavy atom. The molecule has 3 heterocycles. The van der Waals surface area contributed by atoms with Crippen molar-refractivity contribution >= 4 is 11.7 Å². The number of rotatable bonds is 4. The molecule has 0 aliphatic rings. The van der Waals surface area contributed by atoms with Gasteiger partial charge in [-0.1, -0.05) is 6.07 Å². The fraction of sp³-hybridized carbons (Fsp3) is 0.267. The van der Waals surface area contributed by atoms with Gasteiger partial charge in [-0.3, -0.25) is 9.78 Å². The molecule has 0 fully saturated rings. The second-order valence-corrected chi connectivity index (χ2v) is 5.05. The molecular weight excluding hydrogens is 280 g/mol. The molecule has 0 radical (unpaired) electrons. The lowest BCUT2D eigenvalue weighted by atomic mass is 10.2. The highest BCUT2D eigenvalue weighted by atomic mass is 16.2. The van der Waals surface area contributed by atoms with Crippen molar-refractivity contribution in [2.45, 2.75) is 20.3 Å². The first kappa shape index (κ1) is 14.1. The summed E-state index contributed by atoms with van der Waals surface area (Å²) < 4.78 is 1.57. The van der Waals surface area contributed by atoms with E-state index in [2.05, 4.69) is 25.4 Å². The SMILES string of the molecule is Cc1cc(C)n2nc(C(=O)NCCc3cccnc3)nc2n1. The van der Waals surface area contributed by atoms with E-state index in [1.54, 1.807) is 16.9 Å². The normalized spacial score (nSPS) is 10.8. The highest BCUT2D eigenvalue weighted by Gasteiger charge is 2.14. The van der Waals surface area contributed by atoms with Crippen molar-refractivity contribution in [1.29, 1.82) is 0 Å². The quantitative estimate of drug-likeness (QED) is 0.779. The Bertz CT molecular complexity index is 812. The number of aromatic nitrogens is 5. The Labute approximate surface area is 127 Å². The first-order chi connectivity index (χ1) is 10.6. The number of amides is 1. The standard InChI is InChI=1S/C15H16N6O/c1-10-8-11(2)21-15(18-10)19-13(20-21)14(22)17-7-5-12-4-3-6-16-9-12/h3-4,6,8-9H,5,7H2,1-2H3,(H,17,22). The van der Waals surface area contributed by atoms with E-state index in [4.69, 9.17) is 0 Å². The largest absolute Gasteiger partial charge is 0.349 e. The Morgan fingerprint density at radius 3 is 2.95 bits per heavy atom. The summed E-state index contributed by atoms with van der Waals surface area (Å²) in [5.74, 6) is 0.272. The molecule has 1 N–H and O–H groups in total. The molecule has 22 heavy (non-hydrogen) atoms. The Balaban J connectivity index is 1.69. The van der Waals surface area contributed by atoms with Crippen molar-refractivity contribution in [3.63, 3.8) is 0 Å². The number of hydrogen-bond donors (Lipinski definition) is 1. The van der Waals surface area contributed by atoms with Gasteiger partial charge in [0.25, 0.3) is 11.7 Å². The highest BCUT2D eigenvalue weighted by Crippen LogP contribution is 2.05. The molecule has 112 valence electrons. The lowest BCUT2D eigenvalue weighted by Crippen LogP contribution is -2.26. The maximum atomic E-state index is 12.1. The highest BCUT2D eigenvalue weighted by molar-refractivity contribution is 5.90. The van der Waals surface area contributed by atoms with E-state index in [0.29, 0.717) is 18.7 Å². The molecule has 7 heteroatoms. The summed E-state index contributed by atoms with van der Waals surface area (Å²) in [7, 11) is 0. The van der Waals surface area contributed by atoms with Crippen LogP contribution in [-0.2, 0) is 6.42 Å². The average Bonchev–Trinajstić information content (AvgIpc) is 2.92. The van der Waals surface area contributed by atoms with Gasteiger partial charge in [-0.05, 0) is 38.0 Å². The van der Waals surface area contributed by atoms with E-state index in [1.165, 1.54) is 0 Å². The van der Waals surface area contributed by atoms with Crippen molar-refractivity contribution in [3.8, 4) is 0 Å². The lowest BCUT2D eigenvalue weighted by Gasteiger charge is -2.02. The van der Waals surface area contributed by atoms with Crippen molar-refractivity contribution in [3.05, 3.63) is 53.4 Å². The zero-order valence-electron chi connectivity index (χ0n) is 12.4. The van der Waals surface area contributed by atoms with E-state index in [1.807, 2.05) is 32.0 Å². The van der Waals surface area contributed by atoms with Gasteiger partial charge in [0.1, 0.15) is 0 Å². The van der Waals surface area contributed by atoms with Gasteiger partial charge in [0, 0.05) is 30.3 Å². The number of carbonyl (C=O) groups is 1. The minimum absolute atomic E-state index is 0.132. The Kier molecular flexibility index (Phi) is 3.78. The third-order valence-corrected chi connectivity index (χ3v) is 3.24. The first-order valence-corrected chi connectivity index (χ1v) is 7.01. The molecule has 1 amide bonds. The van der Waals surface area contributed by atoms with E-state index >= 15 is 0 Å². The van der Waals surface area contributed by atoms with Crippen LogP contribution in [0.3, 0.4) is 0 Å². The molecule has 0 aromatic carbocycles. The summed E-state index contributed by atoms with van der Waals surface area (Å²) in [6.07, 6.45) is 4.22. The molecular formula is C15H16N6O. The Morgan fingerprint density at radius 2 is 2.18 bits per heavy atom. The number of nitrogens with zero attached hydrogens (tertiary/aromatic N) is 5. The fourth-order valence-corrected chi connectivity index (χ4v) is 2.21. The molecule has 0 saturated heterocycles. The minimum Gasteiger partial charge on any atom is -0.349 e. The van der Waals surface area contributed by atoms with E-state index < -0.39 is 0 Å². The van der Waals surface area contributed by atoms with Crippen LogP contribution in [0.2, 0.25) is 0 Å². The van der Waals surface area contributed by atoms with E-state index in [-0.39, 0.29) is 11.7 Å². The number of hydrogen-bond acceptors (Lipinski definition) is 5. The number of fused-ring (bicyclic) bond motifs is 1. The molecule has 0 bridgehead atoms. The second-order valence-electron chi connectivity index (χ2n) is 5.05. The van der Waals surface area contributed by atoms with Gasteiger partial charge in [0.2, 0.25) is 5.82 Å². The average molecular weight is 296 g/mol. The van der Waals surface area contributed by atoms with E-state index in [0.717, 1.165) is 17.0 Å². The van der Waals surface area contributed by atoms with Crippen molar-refractivity contribution in [1.82, 2.24) is 29.9 Å².